The molecule has 0 spiro atoms. The van der Waals surface area contributed by atoms with Crippen LogP contribution in [-0.2, 0) is 13.1 Å². The van der Waals surface area contributed by atoms with Gasteiger partial charge in [-0.05, 0) is 89.5 Å². The zero-order valence-corrected chi connectivity index (χ0v) is 18.2. The summed E-state index contributed by atoms with van der Waals surface area (Å²) in [6.07, 6.45) is 2.49. The van der Waals surface area contributed by atoms with E-state index in [2.05, 4.69) is 46.9 Å². The molecular formula is C25H34N2O2. The van der Waals surface area contributed by atoms with Crippen molar-refractivity contribution in [3.05, 3.63) is 59.0 Å². The van der Waals surface area contributed by atoms with E-state index in [-0.39, 0.29) is 0 Å². The van der Waals surface area contributed by atoms with Crippen molar-refractivity contribution in [3.63, 3.8) is 0 Å². The van der Waals surface area contributed by atoms with Gasteiger partial charge in [0.05, 0.1) is 6.54 Å². The van der Waals surface area contributed by atoms with Gasteiger partial charge in [0.1, 0.15) is 17.1 Å². The van der Waals surface area contributed by atoms with Crippen LogP contribution in [0.1, 0.15) is 49.3 Å². The van der Waals surface area contributed by atoms with Crippen molar-refractivity contribution in [2.24, 2.45) is 5.92 Å². The molecule has 1 aromatic heterocycles. The van der Waals surface area contributed by atoms with Gasteiger partial charge in [-0.1, -0.05) is 24.0 Å². The number of aryl methyl sites for hydroxylation is 1. The average Bonchev–Trinajstić information content (AvgIpc) is 3.07. The molecule has 1 aromatic carbocycles. The van der Waals surface area contributed by atoms with Crippen LogP contribution in [0.3, 0.4) is 0 Å². The van der Waals surface area contributed by atoms with Crippen molar-refractivity contribution in [2.75, 3.05) is 26.7 Å². The van der Waals surface area contributed by atoms with E-state index >= 15 is 0 Å². The summed E-state index contributed by atoms with van der Waals surface area (Å²) >= 11 is 0. The van der Waals surface area contributed by atoms with Crippen molar-refractivity contribution in [1.82, 2.24) is 9.80 Å². The molecule has 0 saturated carbocycles. The molecule has 1 fully saturated rings. The first-order valence-electron chi connectivity index (χ1n) is 10.6. The van der Waals surface area contributed by atoms with Crippen LogP contribution >= 0.6 is 0 Å². The first-order chi connectivity index (χ1) is 13.8. The SMILES string of the molecule is Cc1ccc(CN2CCC(CN(C)Cc3ccc(C#CC(C)(C)O)cc3)CC2)o1. The first-order valence-corrected chi connectivity index (χ1v) is 10.6. The van der Waals surface area contributed by atoms with Gasteiger partial charge in [-0.15, -0.1) is 0 Å². The molecule has 0 bridgehead atoms. The summed E-state index contributed by atoms with van der Waals surface area (Å²) < 4.78 is 5.71. The lowest BCUT2D eigenvalue weighted by atomic mass is 9.96. The third-order valence-electron chi connectivity index (χ3n) is 5.37. The molecule has 156 valence electrons. The van der Waals surface area contributed by atoms with Gasteiger partial charge in [0, 0.05) is 18.7 Å². The first kappa shape index (κ1) is 21.6. The number of rotatable bonds is 6. The Labute approximate surface area is 175 Å². The maximum absolute atomic E-state index is 9.71. The van der Waals surface area contributed by atoms with Gasteiger partial charge in [0.2, 0.25) is 0 Å². The van der Waals surface area contributed by atoms with E-state index in [0.29, 0.717) is 0 Å². The minimum Gasteiger partial charge on any atom is -0.465 e. The van der Waals surface area contributed by atoms with E-state index in [1.54, 1.807) is 13.8 Å². The maximum atomic E-state index is 9.71. The number of hydrogen-bond donors (Lipinski definition) is 1. The molecule has 0 unspecified atom stereocenters. The van der Waals surface area contributed by atoms with Gasteiger partial charge in [-0.25, -0.2) is 0 Å². The molecule has 2 aromatic rings. The second-order valence-electron chi connectivity index (χ2n) is 8.93. The number of furan rings is 1. The van der Waals surface area contributed by atoms with Gasteiger partial charge < -0.3 is 14.4 Å². The molecule has 1 saturated heterocycles. The van der Waals surface area contributed by atoms with Crippen LogP contribution in [0.4, 0.5) is 0 Å². The van der Waals surface area contributed by atoms with Gasteiger partial charge in [0.15, 0.2) is 0 Å². The normalized spacial score (nSPS) is 16.1. The van der Waals surface area contributed by atoms with E-state index in [0.717, 1.165) is 55.7 Å². The van der Waals surface area contributed by atoms with E-state index in [1.165, 1.54) is 18.4 Å². The second-order valence-corrected chi connectivity index (χ2v) is 8.93. The van der Waals surface area contributed by atoms with Crippen LogP contribution in [-0.4, -0.2) is 47.2 Å². The molecule has 2 heterocycles. The van der Waals surface area contributed by atoms with E-state index in [4.69, 9.17) is 4.42 Å². The third kappa shape index (κ3) is 7.36. The molecule has 1 aliphatic heterocycles. The van der Waals surface area contributed by atoms with E-state index in [9.17, 15) is 5.11 Å². The Morgan fingerprint density at radius 2 is 1.83 bits per heavy atom. The Morgan fingerprint density at radius 3 is 2.41 bits per heavy atom. The maximum Gasteiger partial charge on any atom is 0.120 e. The van der Waals surface area contributed by atoms with Crippen molar-refractivity contribution < 1.29 is 9.52 Å². The highest BCUT2D eigenvalue weighted by Crippen LogP contribution is 2.21. The van der Waals surface area contributed by atoms with E-state index < -0.39 is 5.60 Å². The van der Waals surface area contributed by atoms with Gasteiger partial charge in [-0.2, -0.15) is 0 Å². The van der Waals surface area contributed by atoms with E-state index in [1.807, 2.05) is 25.1 Å². The number of likely N-dealkylation sites (tertiary alicyclic amines) is 1. The molecule has 4 heteroatoms. The summed E-state index contributed by atoms with van der Waals surface area (Å²) in [5, 5.41) is 9.71. The summed E-state index contributed by atoms with van der Waals surface area (Å²) in [5.74, 6) is 8.71. The summed E-state index contributed by atoms with van der Waals surface area (Å²) in [5.41, 5.74) is 1.29. The molecule has 1 aliphatic rings. The molecule has 29 heavy (non-hydrogen) atoms. The highest BCUT2D eigenvalue weighted by molar-refractivity contribution is 5.37. The standard InChI is InChI=1S/C25H34N2O2/c1-20-5-10-24(29-20)19-27-15-12-23(13-16-27)18-26(4)17-22-8-6-21(7-9-22)11-14-25(2,3)28/h5-10,23,28H,12-13,15-19H2,1-4H3. The quantitative estimate of drug-likeness (QED) is 0.750. The predicted molar refractivity (Wildman–Crippen MR) is 117 cm³/mol. The van der Waals surface area contributed by atoms with Gasteiger partial charge in [-0.3, -0.25) is 4.90 Å². The Morgan fingerprint density at radius 1 is 1.14 bits per heavy atom. The van der Waals surface area contributed by atoms with Crippen molar-refractivity contribution in [1.29, 1.82) is 0 Å². The zero-order chi connectivity index (χ0) is 20.9. The fraction of sp³-hybridized carbons (Fsp3) is 0.520. The summed E-state index contributed by atoms with van der Waals surface area (Å²) in [6, 6.07) is 12.5. The highest BCUT2D eigenvalue weighted by Gasteiger charge is 2.21. The lowest BCUT2D eigenvalue weighted by Gasteiger charge is -2.33. The van der Waals surface area contributed by atoms with Crippen LogP contribution in [0.25, 0.3) is 0 Å². The zero-order valence-electron chi connectivity index (χ0n) is 18.2. The number of benzene rings is 1. The van der Waals surface area contributed by atoms with Crippen LogP contribution < -0.4 is 0 Å². The van der Waals surface area contributed by atoms with Crippen molar-refractivity contribution in [3.8, 4) is 11.8 Å². The molecule has 0 atom stereocenters. The summed E-state index contributed by atoms with van der Waals surface area (Å²) in [6.45, 7) is 10.7. The lowest BCUT2D eigenvalue weighted by Crippen LogP contribution is -2.37. The number of nitrogens with zero attached hydrogens (tertiary/aromatic N) is 2. The largest absolute Gasteiger partial charge is 0.465 e. The van der Waals surface area contributed by atoms with Crippen molar-refractivity contribution >= 4 is 0 Å². The third-order valence-corrected chi connectivity index (χ3v) is 5.37. The topological polar surface area (TPSA) is 39.9 Å². The Bertz CT molecular complexity index is 828. The van der Waals surface area contributed by atoms with Gasteiger partial charge in [0.25, 0.3) is 0 Å². The average molecular weight is 395 g/mol. The van der Waals surface area contributed by atoms with Crippen molar-refractivity contribution in [2.45, 2.75) is 52.3 Å². The molecule has 1 N–H and O–H groups in total. The number of piperidine rings is 1. The lowest BCUT2D eigenvalue weighted by molar-refractivity contribution is 0.140. The Kier molecular flexibility index (Phi) is 7.18. The highest BCUT2D eigenvalue weighted by atomic mass is 16.3. The van der Waals surface area contributed by atoms with Crippen LogP contribution in [0, 0.1) is 24.7 Å². The predicted octanol–water partition coefficient (Wildman–Crippen LogP) is 4.05. The summed E-state index contributed by atoms with van der Waals surface area (Å²) in [4.78, 5) is 4.93. The fourth-order valence-electron chi connectivity index (χ4n) is 3.85. The molecule has 3 rings (SSSR count). The second kappa shape index (κ2) is 9.63. The van der Waals surface area contributed by atoms with Crippen LogP contribution in [0.15, 0.2) is 40.8 Å². The molecule has 0 aliphatic carbocycles. The number of hydrogen-bond acceptors (Lipinski definition) is 4. The monoisotopic (exact) mass is 394 g/mol. The fourth-order valence-corrected chi connectivity index (χ4v) is 3.85. The van der Waals surface area contributed by atoms with Gasteiger partial charge >= 0.3 is 0 Å². The molecule has 4 nitrogen and oxygen atoms in total. The van der Waals surface area contributed by atoms with Crippen LogP contribution in [0.5, 0.6) is 0 Å². The minimum atomic E-state index is -0.953. The smallest absolute Gasteiger partial charge is 0.120 e. The summed E-state index contributed by atoms with van der Waals surface area (Å²) in [7, 11) is 2.21. The van der Waals surface area contributed by atoms with Crippen LogP contribution in [0.2, 0.25) is 0 Å². The molecule has 0 radical (unpaired) electrons. The number of aliphatic hydroxyl groups is 1. The Hall–Kier alpha value is -2.06. The molecular weight excluding hydrogens is 360 g/mol. The Balaban J connectivity index is 1.41. The molecule has 0 amide bonds. The minimum absolute atomic E-state index is 0.756.